The van der Waals surface area contributed by atoms with Crippen LogP contribution < -0.4 is 0 Å². The predicted octanol–water partition coefficient (Wildman–Crippen LogP) is 2.45. The first-order valence-electron chi connectivity index (χ1n) is 7.47. The highest BCUT2D eigenvalue weighted by atomic mass is 16.6. The third kappa shape index (κ3) is 1.29. The molecule has 1 saturated heterocycles. The van der Waals surface area contributed by atoms with Crippen LogP contribution in [0.4, 0.5) is 0 Å². The zero-order valence-corrected chi connectivity index (χ0v) is 11.3. The van der Waals surface area contributed by atoms with E-state index in [1.165, 1.54) is 11.1 Å². The minimum atomic E-state index is -0.317. The van der Waals surface area contributed by atoms with E-state index in [-0.39, 0.29) is 35.6 Å². The van der Waals surface area contributed by atoms with Crippen LogP contribution in [-0.2, 0) is 14.3 Å². The van der Waals surface area contributed by atoms with Crippen LogP contribution in [0, 0.1) is 35.5 Å². The Morgan fingerprint density at radius 3 is 2.19 bits per heavy atom. The van der Waals surface area contributed by atoms with Crippen molar-refractivity contribution in [2.24, 2.45) is 35.5 Å². The second-order valence-electron chi connectivity index (χ2n) is 6.42. The van der Waals surface area contributed by atoms with Crippen molar-refractivity contribution in [1.29, 1.82) is 0 Å². The molecule has 3 nitrogen and oxygen atoms in total. The quantitative estimate of drug-likeness (QED) is 0.450. The number of benzene rings is 1. The summed E-state index contributed by atoms with van der Waals surface area (Å²) < 4.78 is 4.91. The first-order valence-corrected chi connectivity index (χ1v) is 7.47. The minimum absolute atomic E-state index is 0.115. The number of hydrogen-bond acceptors (Lipinski definition) is 3. The van der Waals surface area contributed by atoms with Gasteiger partial charge in [-0.1, -0.05) is 48.6 Å². The molecule has 1 aromatic rings. The van der Waals surface area contributed by atoms with Gasteiger partial charge in [-0.25, -0.2) is 0 Å². The van der Waals surface area contributed by atoms with Crippen LogP contribution in [0.5, 0.6) is 0 Å². The Kier molecular flexibility index (Phi) is 2.04. The van der Waals surface area contributed by atoms with Gasteiger partial charge in [0.05, 0.1) is 11.8 Å². The molecule has 104 valence electrons. The standard InChI is InChI=1S/C18H14O3/c19-17-15-10-6-7-11(16(15)18(20)21-17)14-12(8-13(10)14)9-4-2-1-3-5-9/h1-8,10-11,13-16H. The molecule has 0 spiro atoms. The number of carbonyl (C=O) groups is 2. The van der Waals surface area contributed by atoms with E-state index in [4.69, 9.17) is 4.74 Å². The first-order chi connectivity index (χ1) is 10.3. The molecule has 2 fully saturated rings. The van der Waals surface area contributed by atoms with Gasteiger partial charge in [0, 0.05) is 0 Å². The number of rotatable bonds is 1. The lowest BCUT2D eigenvalue weighted by Gasteiger charge is -2.54. The third-order valence-corrected chi connectivity index (χ3v) is 5.63. The van der Waals surface area contributed by atoms with Crippen molar-refractivity contribution in [3.05, 3.63) is 54.1 Å². The summed E-state index contributed by atoms with van der Waals surface area (Å²) in [4.78, 5) is 24.0. The van der Waals surface area contributed by atoms with Crippen LogP contribution in [0.15, 0.2) is 48.6 Å². The van der Waals surface area contributed by atoms with Crippen LogP contribution in [0.1, 0.15) is 5.56 Å². The van der Waals surface area contributed by atoms with Crippen LogP contribution in [0.25, 0.3) is 5.57 Å². The van der Waals surface area contributed by atoms with E-state index in [0.29, 0.717) is 11.8 Å². The van der Waals surface area contributed by atoms with E-state index in [1.54, 1.807) is 0 Å². The number of allylic oxidation sites excluding steroid dienone is 4. The van der Waals surface area contributed by atoms with Gasteiger partial charge in [-0.05, 0) is 34.8 Å². The Bertz CT molecular complexity index is 715. The second kappa shape index (κ2) is 3.73. The van der Waals surface area contributed by atoms with Crippen molar-refractivity contribution in [1.82, 2.24) is 0 Å². The molecule has 6 rings (SSSR count). The normalized spacial score (nSPS) is 42.0. The molecule has 0 radical (unpaired) electrons. The summed E-state index contributed by atoms with van der Waals surface area (Å²) >= 11 is 0. The lowest BCUT2D eigenvalue weighted by atomic mass is 9.47. The van der Waals surface area contributed by atoms with Crippen LogP contribution in [0.2, 0.25) is 0 Å². The number of hydrogen-bond donors (Lipinski definition) is 0. The number of carbonyl (C=O) groups excluding carboxylic acids is 2. The molecule has 3 heteroatoms. The van der Waals surface area contributed by atoms with Gasteiger partial charge >= 0.3 is 11.9 Å². The Balaban J connectivity index is 1.59. The minimum Gasteiger partial charge on any atom is -0.393 e. The summed E-state index contributed by atoms with van der Waals surface area (Å²) in [5.41, 5.74) is 2.56. The maximum absolute atomic E-state index is 12.0. The molecule has 0 N–H and O–H groups in total. The average molecular weight is 278 g/mol. The maximum atomic E-state index is 12.0. The molecule has 21 heavy (non-hydrogen) atoms. The molecule has 1 saturated carbocycles. The fourth-order valence-corrected chi connectivity index (χ4v) is 4.77. The molecule has 6 atom stereocenters. The SMILES string of the molecule is O=C1OC(=O)C2C3C=CC(C4C=C(c5ccccc5)C43)C12. The van der Waals surface area contributed by atoms with Crippen molar-refractivity contribution in [3.8, 4) is 0 Å². The molecule has 5 aliphatic rings. The summed E-state index contributed by atoms with van der Waals surface area (Å²) in [6.45, 7) is 0. The fourth-order valence-electron chi connectivity index (χ4n) is 4.77. The van der Waals surface area contributed by atoms with E-state index in [0.717, 1.165) is 0 Å². The van der Waals surface area contributed by atoms with Crippen molar-refractivity contribution in [2.75, 3.05) is 0 Å². The molecule has 4 aliphatic carbocycles. The molecular formula is C18H14O3. The van der Waals surface area contributed by atoms with Gasteiger partial charge in [0.2, 0.25) is 0 Å². The lowest BCUT2D eigenvalue weighted by Crippen LogP contribution is -2.52. The Morgan fingerprint density at radius 1 is 0.762 bits per heavy atom. The van der Waals surface area contributed by atoms with Crippen molar-refractivity contribution >= 4 is 17.5 Å². The molecule has 1 heterocycles. The monoisotopic (exact) mass is 278 g/mol. The van der Waals surface area contributed by atoms with Gasteiger partial charge in [-0.15, -0.1) is 0 Å². The smallest absolute Gasteiger partial charge is 0.318 e. The van der Waals surface area contributed by atoms with E-state index < -0.39 is 0 Å². The van der Waals surface area contributed by atoms with Gasteiger partial charge in [0.25, 0.3) is 0 Å². The topological polar surface area (TPSA) is 43.4 Å². The summed E-state index contributed by atoms with van der Waals surface area (Å²) in [6, 6.07) is 10.3. The predicted molar refractivity (Wildman–Crippen MR) is 75.6 cm³/mol. The van der Waals surface area contributed by atoms with E-state index in [9.17, 15) is 9.59 Å². The second-order valence-corrected chi connectivity index (χ2v) is 6.42. The molecule has 2 bridgehead atoms. The largest absolute Gasteiger partial charge is 0.393 e. The van der Waals surface area contributed by atoms with Crippen molar-refractivity contribution < 1.29 is 14.3 Å². The number of cyclic esters (lactones) is 2. The molecule has 0 aromatic heterocycles. The van der Waals surface area contributed by atoms with E-state index in [2.05, 4.69) is 30.4 Å². The van der Waals surface area contributed by atoms with Crippen LogP contribution >= 0.6 is 0 Å². The summed E-state index contributed by atoms with van der Waals surface area (Å²) in [6.07, 6.45) is 6.56. The van der Waals surface area contributed by atoms with Gasteiger partial charge in [-0.3, -0.25) is 9.59 Å². The van der Waals surface area contributed by atoms with Crippen LogP contribution in [0.3, 0.4) is 0 Å². The summed E-state index contributed by atoms with van der Waals surface area (Å²) in [5, 5.41) is 0. The van der Waals surface area contributed by atoms with Gasteiger partial charge in [-0.2, -0.15) is 0 Å². The Labute approximate surface area is 122 Å². The zero-order chi connectivity index (χ0) is 14.1. The third-order valence-electron chi connectivity index (χ3n) is 5.63. The van der Waals surface area contributed by atoms with Crippen molar-refractivity contribution in [2.45, 2.75) is 0 Å². The highest BCUT2D eigenvalue weighted by molar-refractivity contribution is 5.98. The van der Waals surface area contributed by atoms with E-state index >= 15 is 0 Å². The highest BCUT2D eigenvalue weighted by Crippen LogP contribution is 2.62. The molecule has 1 aliphatic heterocycles. The molecule has 6 unspecified atom stereocenters. The number of esters is 2. The fraction of sp³-hybridized carbons (Fsp3) is 0.333. The van der Waals surface area contributed by atoms with Crippen molar-refractivity contribution in [3.63, 3.8) is 0 Å². The summed E-state index contributed by atoms with van der Waals surface area (Å²) in [7, 11) is 0. The summed E-state index contributed by atoms with van der Waals surface area (Å²) in [5.74, 6) is -0.146. The Morgan fingerprint density at radius 2 is 1.43 bits per heavy atom. The zero-order valence-electron chi connectivity index (χ0n) is 11.3. The highest BCUT2D eigenvalue weighted by Gasteiger charge is 2.63. The van der Waals surface area contributed by atoms with E-state index in [1.807, 2.05) is 18.2 Å². The van der Waals surface area contributed by atoms with Gasteiger partial charge < -0.3 is 4.74 Å². The first kappa shape index (κ1) is 11.5. The van der Waals surface area contributed by atoms with Gasteiger partial charge in [0.1, 0.15) is 0 Å². The molecular weight excluding hydrogens is 264 g/mol. The average Bonchev–Trinajstić information content (AvgIpc) is 2.77. The maximum Gasteiger partial charge on any atom is 0.318 e. The number of ether oxygens (including phenoxy) is 1. The lowest BCUT2D eigenvalue weighted by molar-refractivity contribution is -0.154. The molecule has 0 amide bonds. The van der Waals surface area contributed by atoms with Crippen LogP contribution in [-0.4, -0.2) is 11.9 Å². The molecule has 1 aromatic carbocycles. The van der Waals surface area contributed by atoms with Gasteiger partial charge in [0.15, 0.2) is 0 Å². The Hall–Kier alpha value is -2.16.